The summed E-state index contributed by atoms with van der Waals surface area (Å²) in [5.74, 6) is -0.786. The minimum absolute atomic E-state index is 0.0496. The van der Waals surface area contributed by atoms with Crippen molar-refractivity contribution in [1.82, 2.24) is 10.6 Å². The average molecular weight is 244 g/mol. The number of nitrogens with one attached hydrogen (secondary N) is 2. The highest BCUT2D eigenvalue weighted by atomic mass is 16.4. The molecule has 2 atom stereocenters. The van der Waals surface area contributed by atoms with Crippen molar-refractivity contribution in [2.24, 2.45) is 5.92 Å². The molecule has 5 heteroatoms. The van der Waals surface area contributed by atoms with Crippen molar-refractivity contribution in [2.75, 3.05) is 6.54 Å². The van der Waals surface area contributed by atoms with Crippen LogP contribution in [-0.4, -0.2) is 35.6 Å². The van der Waals surface area contributed by atoms with E-state index in [0.29, 0.717) is 6.42 Å². The highest BCUT2D eigenvalue weighted by molar-refractivity contribution is 5.80. The van der Waals surface area contributed by atoms with Gasteiger partial charge in [-0.2, -0.15) is 0 Å². The van der Waals surface area contributed by atoms with Crippen molar-refractivity contribution >= 4 is 11.9 Å². The molecule has 0 aromatic rings. The first-order valence-electron chi connectivity index (χ1n) is 6.12. The normalized spacial score (nSPS) is 14.4. The maximum absolute atomic E-state index is 11.5. The van der Waals surface area contributed by atoms with Crippen LogP contribution >= 0.6 is 0 Å². The summed E-state index contributed by atoms with van der Waals surface area (Å²) in [6.45, 7) is 7.86. The Balaban J connectivity index is 4.04. The predicted molar refractivity (Wildman–Crippen MR) is 66.8 cm³/mol. The number of amides is 1. The van der Waals surface area contributed by atoms with Crippen LogP contribution in [0.4, 0.5) is 0 Å². The second-order valence-corrected chi connectivity index (χ2v) is 4.78. The van der Waals surface area contributed by atoms with Crippen LogP contribution in [0.15, 0.2) is 0 Å². The Kier molecular flexibility index (Phi) is 7.54. The molecule has 0 fully saturated rings. The topological polar surface area (TPSA) is 78.4 Å². The van der Waals surface area contributed by atoms with Crippen molar-refractivity contribution in [1.29, 1.82) is 0 Å². The van der Waals surface area contributed by atoms with Gasteiger partial charge in [0.2, 0.25) is 5.91 Å². The third-order valence-corrected chi connectivity index (χ3v) is 2.53. The number of carboxylic acid groups (broad SMARTS) is 1. The number of rotatable bonds is 8. The van der Waals surface area contributed by atoms with Gasteiger partial charge in [-0.3, -0.25) is 14.9 Å². The van der Waals surface area contributed by atoms with Gasteiger partial charge in [0.15, 0.2) is 0 Å². The SMILES string of the molecule is CCC(C)NC(=O)CNC(CC(C)C)C(=O)O. The minimum Gasteiger partial charge on any atom is -0.480 e. The third-order valence-electron chi connectivity index (χ3n) is 2.53. The molecule has 0 spiro atoms. The third kappa shape index (κ3) is 7.74. The first-order chi connectivity index (χ1) is 7.86. The van der Waals surface area contributed by atoms with Crippen molar-refractivity contribution in [3.8, 4) is 0 Å². The summed E-state index contributed by atoms with van der Waals surface area (Å²) >= 11 is 0. The van der Waals surface area contributed by atoms with Crippen molar-refractivity contribution in [3.63, 3.8) is 0 Å². The van der Waals surface area contributed by atoms with Crippen LogP contribution in [-0.2, 0) is 9.59 Å². The molecule has 3 N–H and O–H groups in total. The summed E-state index contributed by atoms with van der Waals surface area (Å²) in [6, 6.07) is -0.532. The van der Waals surface area contributed by atoms with Crippen molar-refractivity contribution < 1.29 is 14.7 Å². The smallest absolute Gasteiger partial charge is 0.320 e. The quantitative estimate of drug-likeness (QED) is 0.595. The Morgan fingerprint density at radius 1 is 1.24 bits per heavy atom. The zero-order chi connectivity index (χ0) is 13.4. The van der Waals surface area contributed by atoms with Gasteiger partial charge >= 0.3 is 5.97 Å². The van der Waals surface area contributed by atoms with Gasteiger partial charge in [0.05, 0.1) is 6.54 Å². The van der Waals surface area contributed by atoms with Crippen molar-refractivity contribution in [3.05, 3.63) is 0 Å². The lowest BCUT2D eigenvalue weighted by molar-refractivity contribution is -0.140. The Hall–Kier alpha value is -1.10. The maximum Gasteiger partial charge on any atom is 0.320 e. The molecule has 0 heterocycles. The lowest BCUT2D eigenvalue weighted by Gasteiger charge is -2.17. The van der Waals surface area contributed by atoms with Gasteiger partial charge in [-0.05, 0) is 25.7 Å². The molecule has 0 aliphatic carbocycles. The zero-order valence-electron chi connectivity index (χ0n) is 11.1. The van der Waals surface area contributed by atoms with Gasteiger partial charge in [0.25, 0.3) is 0 Å². The summed E-state index contributed by atoms with van der Waals surface area (Å²) in [6.07, 6.45) is 1.38. The fourth-order valence-corrected chi connectivity index (χ4v) is 1.39. The first-order valence-corrected chi connectivity index (χ1v) is 6.12. The predicted octanol–water partition coefficient (Wildman–Crippen LogP) is 0.990. The van der Waals surface area contributed by atoms with Crippen LogP contribution in [0, 0.1) is 5.92 Å². The molecule has 5 nitrogen and oxygen atoms in total. The lowest BCUT2D eigenvalue weighted by Crippen LogP contribution is -2.45. The highest BCUT2D eigenvalue weighted by Crippen LogP contribution is 2.04. The second kappa shape index (κ2) is 8.06. The summed E-state index contributed by atoms with van der Waals surface area (Å²) in [4.78, 5) is 22.4. The lowest BCUT2D eigenvalue weighted by atomic mass is 10.0. The van der Waals surface area contributed by atoms with Crippen LogP contribution in [0.3, 0.4) is 0 Å². The van der Waals surface area contributed by atoms with E-state index < -0.39 is 12.0 Å². The van der Waals surface area contributed by atoms with Crippen LogP contribution in [0.2, 0.25) is 0 Å². The number of aliphatic carboxylic acids is 1. The Morgan fingerprint density at radius 3 is 2.24 bits per heavy atom. The monoisotopic (exact) mass is 244 g/mol. The molecule has 0 saturated carbocycles. The van der Waals surface area contributed by atoms with E-state index in [2.05, 4.69) is 10.6 Å². The standard InChI is InChI=1S/C12H24N2O3/c1-5-9(4)14-11(15)7-13-10(12(16)17)6-8(2)3/h8-10,13H,5-7H2,1-4H3,(H,14,15)(H,16,17). The molecule has 0 aliphatic rings. The molecular weight excluding hydrogens is 220 g/mol. The molecule has 0 aromatic carbocycles. The van der Waals surface area contributed by atoms with Crippen LogP contribution in [0.25, 0.3) is 0 Å². The number of carbonyl (C=O) groups excluding carboxylic acids is 1. The Labute approximate surface area is 103 Å². The Bertz CT molecular complexity index is 254. The van der Waals surface area contributed by atoms with Crippen molar-refractivity contribution in [2.45, 2.75) is 52.6 Å². The van der Waals surface area contributed by atoms with E-state index in [-0.39, 0.29) is 24.4 Å². The van der Waals surface area contributed by atoms with E-state index in [4.69, 9.17) is 5.11 Å². The van der Waals surface area contributed by atoms with Crippen LogP contribution < -0.4 is 10.6 Å². The fraction of sp³-hybridized carbons (Fsp3) is 0.833. The molecule has 0 radical (unpaired) electrons. The van der Waals surface area contributed by atoms with E-state index >= 15 is 0 Å². The summed E-state index contributed by atoms with van der Waals surface area (Å²) in [5.41, 5.74) is 0. The van der Waals surface area contributed by atoms with Gasteiger partial charge in [0.1, 0.15) is 6.04 Å². The molecular formula is C12H24N2O3. The van der Waals surface area contributed by atoms with E-state index in [9.17, 15) is 9.59 Å². The molecule has 0 bridgehead atoms. The number of carbonyl (C=O) groups is 2. The Morgan fingerprint density at radius 2 is 1.82 bits per heavy atom. The van der Waals surface area contributed by atoms with Gasteiger partial charge in [-0.15, -0.1) is 0 Å². The molecule has 0 aliphatic heterocycles. The van der Waals surface area contributed by atoms with E-state index in [1.165, 1.54) is 0 Å². The fourth-order valence-electron chi connectivity index (χ4n) is 1.39. The van der Waals surface area contributed by atoms with E-state index in [1.54, 1.807) is 0 Å². The van der Waals surface area contributed by atoms with Gasteiger partial charge in [-0.1, -0.05) is 20.8 Å². The zero-order valence-corrected chi connectivity index (χ0v) is 11.1. The summed E-state index contributed by atoms with van der Waals surface area (Å²) in [5, 5.41) is 14.5. The number of hydrogen-bond donors (Lipinski definition) is 3. The summed E-state index contributed by atoms with van der Waals surface area (Å²) in [7, 11) is 0. The molecule has 0 rings (SSSR count). The molecule has 0 saturated heterocycles. The molecule has 1 amide bonds. The average Bonchev–Trinajstić information content (AvgIpc) is 2.23. The van der Waals surface area contributed by atoms with Gasteiger partial charge < -0.3 is 10.4 Å². The first kappa shape index (κ1) is 15.9. The van der Waals surface area contributed by atoms with Crippen LogP contribution in [0.1, 0.15) is 40.5 Å². The largest absolute Gasteiger partial charge is 0.480 e. The molecule has 2 unspecified atom stereocenters. The maximum atomic E-state index is 11.5. The van der Waals surface area contributed by atoms with Gasteiger partial charge in [0, 0.05) is 6.04 Å². The van der Waals surface area contributed by atoms with E-state index in [1.807, 2.05) is 27.7 Å². The summed E-state index contributed by atoms with van der Waals surface area (Å²) < 4.78 is 0. The van der Waals surface area contributed by atoms with E-state index in [0.717, 1.165) is 6.42 Å². The second-order valence-electron chi connectivity index (χ2n) is 4.78. The molecule has 100 valence electrons. The highest BCUT2D eigenvalue weighted by Gasteiger charge is 2.19. The van der Waals surface area contributed by atoms with Crippen LogP contribution in [0.5, 0.6) is 0 Å². The molecule has 17 heavy (non-hydrogen) atoms. The number of carboxylic acids is 1. The van der Waals surface area contributed by atoms with Gasteiger partial charge in [-0.25, -0.2) is 0 Å². The molecule has 0 aromatic heterocycles. The number of hydrogen-bond acceptors (Lipinski definition) is 3. The minimum atomic E-state index is -0.907.